The normalized spacial score (nSPS) is 13.4. The van der Waals surface area contributed by atoms with Crippen LogP contribution >= 0.6 is 0 Å². The second kappa shape index (κ2) is 10.4. The first-order valence-corrected chi connectivity index (χ1v) is 6.49. The van der Waals surface area contributed by atoms with E-state index in [1.807, 2.05) is 0 Å². The van der Waals surface area contributed by atoms with Gasteiger partial charge in [0.25, 0.3) is 0 Å². The van der Waals surface area contributed by atoms with E-state index in [0.29, 0.717) is 0 Å². The Morgan fingerprint density at radius 3 is 2.20 bits per heavy atom. The predicted octanol–water partition coefficient (Wildman–Crippen LogP) is 3.17. The molecule has 0 fully saturated rings. The fourth-order valence-corrected chi connectivity index (χ4v) is 1.98. The molecule has 0 bridgehead atoms. The zero-order chi connectivity index (χ0) is 11.5. The summed E-state index contributed by atoms with van der Waals surface area (Å²) >= 11 is 0. The van der Waals surface area contributed by atoms with Crippen LogP contribution in [-0.2, 0) is 4.74 Å². The molecule has 0 radical (unpaired) electrons. The molecule has 0 amide bonds. The van der Waals surface area contributed by atoms with Crippen LogP contribution in [0.5, 0.6) is 0 Å². The van der Waals surface area contributed by atoms with Crippen LogP contribution in [0.25, 0.3) is 0 Å². The molecule has 2 nitrogen and oxygen atoms in total. The molecule has 0 aromatic rings. The Morgan fingerprint density at radius 2 is 1.73 bits per heavy atom. The largest absolute Gasteiger partial charge is 0.385 e. The first kappa shape index (κ1) is 14.9. The number of methoxy groups -OCH3 is 1. The molecule has 0 spiro atoms. The standard InChI is InChI=1S/C13H29NO/c1-5-13(10-12-15-4)9-8-11-14(6-2)7-3/h13H,5-12H2,1-4H3/t13-/m1/s1. The monoisotopic (exact) mass is 215 g/mol. The second-order valence-electron chi connectivity index (χ2n) is 4.22. The minimum Gasteiger partial charge on any atom is -0.385 e. The van der Waals surface area contributed by atoms with Gasteiger partial charge in [-0.2, -0.15) is 0 Å². The molecular formula is C13H29NO. The maximum absolute atomic E-state index is 5.13. The molecule has 0 aliphatic rings. The highest BCUT2D eigenvalue weighted by molar-refractivity contribution is 4.60. The van der Waals surface area contributed by atoms with E-state index in [1.165, 1.54) is 45.3 Å². The van der Waals surface area contributed by atoms with Gasteiger partial charge in [-0.05, 0) is 44.8 Å². The van der Waals surface area contributed by atoms with Crippen molar-refractivity contribution in [1.29, 1.82) is 0 Å². The lowest BCUT2D eigenvalue weighted by atomic mass is 9.97. The highest BCUT2D eigenvalue weighted by Gasteiger charge is 2.06. The highest BCUT2D eigenvalue weighted by Crippen LogP contribution is 2.15. The minimum atomic E-state index is 0.862. The fraction of sp³-hybridized carbons (Fsp3) is 1.00. The van der Waals surface area contributed by atoms with E-state index in [0.717, 1.165) is 12.5 Å². The van der Waals surface area contributed by atoms with Crippen molar-refractivity contribution in [3.05, 3.63) is 0 Å². The zero-order valence-electron chi connectivity index (χ0n) is 11.1. The first-order chi connectivity index (χ1) is 7.28. The quantitative estimate of drug-likeness (QED) is 0.555. The molecule has 0 aliphatic heterocycles. The van der Waals surface area contributed by atoms with Crippen molar-refractivity contribution in [3.63, 3.8) is 0 Å². The Morgan fingerprint density at radius 1 is 1.07 bits per heavy atom. The summed E-state index contributed by atoms with van der Waals surface area (Å²) in [6.07, 6.45) is 5.22. The van der Waals surface area contributed by atoms with E-state index in [9.17, 15) is 0 Å². The highest BCUT2D eigenvalue weighted by atomic mass is 16.5. The molecule has 0 saturated heterocycles. The van der Waals surface area contributed by atoms with Crippen molar-refractivity contribution in [1.82, 2.24) is 4.90 Å². The summed E-state index contributed by atoms with van der Waals surface area (Å²) < 4.78 is 5.13. The van der Waals surface area contributed by atoms with Gasteiger partial charge >= 0.3 is 0 Å². The third kappa shape index (κ3) is 7.80. The smallest absolute Gasteiger partial charge is 0.0464 e. The van der Waals surface area contributed by atoms with Crippen molar-refractivity contribution in [2.75, 3.05) is 33.4 Å². The van der Waals surface area contributed by atoms with Gasteiger partial charge in [-0.15, -0.1) is 0 Å². The Bertz CT molecular complexity index is 124. The van der Waals surface area contributed by atoms with Gasteiger partial charge in [0.2, 0.25) is 0 Å². The van der Waals surface area contributed by atoms with Gasteiger partial charge < -0.3 is 9.64 Å². The lowest BCUT2D eigenvalue weighted by molar-refractivity contribution is 0.171. The van der Waals surface area contributed by atoms with E-state index in [4.69, 9.17) is 4.74 Å². The van der Waals surface area contributed by atoms with Crippen molar-refractivity contribution in [3.8, 4) is 0 Å². The summed E-state index contributed by atoms with van der Waals surface area (Å²) in [4.78, 5) is 2.50. The summed E-state index contributed by atoms with van der Waals surface area (Å²) in [5.74, 6) is 0.862. The van der Waals surface area contributed by atoms with Gasteiger partial charge in [-0.3, -0.25) is 0 Å². The zero-order valence-corrected chi connectivity index (χ0v) is 11.1. The molecule has 0 N–H and O–H groups in total. The van der Waals surface area contributed by atoms with Crippen molar-refractivity contribution < 1.29 is 4.74 Å². The average Bonchev–Trinajstić information content (AvgIpc) is 2.28. The first-order valence-electron chi connectivity index (χ1n) is 6.49. The van der Waals surface area contributed by atoms with Crippen LogP contribution in [0, 0.1) is 5.92 Å². The van der Waals surface area contributed by atoms with Gasteiger partial charge in [0.1, 0.15) is 0 Å². The molecule has 0 aliphatic carbocycles. The van der Waals surface area contributed by atoms with Gasteiger partial charge in [0, 0.05) is 13.7 Å². The third-order valence-electron chi connectivity index (χ3n) is 3.29. The van der Waals surface area contributed by atoms with E-state index in [1.54, 1.807) is 7.11 Å². The summed E-state index contributed by atoms with van der Waals surface area (Å²) in [7, 11) is 1.79. The minimum absolute atomic E-state index is 0.862. The predicted molar refractivity (Wildman–Crippen MR) is 67.3 cm³/mol. The van der Waals surface area contributed by atoms with Crippen LogP contribution in [-0.4, -0.2) is 38.3 Å². The van der Waals surface area contributed by atoms with E-state index < -0.39 is 0 Å². The molecule has 0 saturated carbocycles. The third-order valence-corrected chi connectivity index (χ3v) is 3.29. The van der Waals surface area contributed by atoms with Crippen molar-refractivity contribution in [2.45, 2.75) is 46.5 Å². The van der Waals surface area contributed by atoms with Crippen LogP contribution in [0.2, 0.25) is 0 Å². The fourth-order valence-electron chi connectivity index (χ4n) is 1.98. The lowest BCUT2D eigenvalue weighted by Crippen LogP contribution is -2.24. The van der Waals surface area contributed by atoms with Gasteiger partial charge in [-0.1, -0.05) is 27.2 Å². The topological polar surface area (TPSA) is 12.5 Å². The number of nitrogens with zero attached hydrogens (tertiary/aromatic N) is 1. The number of hydrogen-bond donors (Lipinski definition) is 0. The average molecular weight is 215 g/mol. The summed E-state index contributed by atoms with van der Waals surface area (Å²) in [6.45, 7) is 11.3. The molecule has 92 valence electrons. The van der Waals surface area contributed by atoms with Crippen LogP contribution in [0.1, 0.15) is 46.5 Å². The molecule has 2 heteroatoms. The molecule has 0 aromatic heterocycles. The van der Waals surface area contributed by atoms with Crippen LogP contribution in [0.15, 0.2) is 0 Å². The number of hydrogen-bond acceptors (Lipinski definition) is 2. The summed E-state index contributed by atoms with van der Waals surface area (Å²) in [5.41, 5.74) is 0. The molecular weight excluding hydrogens is 186 g/mol. The SMILES string of the molecule is CC[C@H](CCCN(CC)CC)CCOC. The Balaban J connectivity index is 3.52. The summed E-state index contributed by atoms with van der Waals surface area (Å²) in [5, 5.41) is 0. The van der Waals surface area contributed by atoms with Gasteiger partial charge in [0.05, 0.1) is 0 Å². The maximum atomic E-state index is 5.13. The van der Waals surface area contributed by atoms with Crippen LogP contribution in [0.4, 0.5) is 0 Å². The second-order valence-corrected chi connectivity index (χ2v) is 4.22. The molecule has 15 heavy (non-hydrogen) atoms. The number of ether oxygens (including phenoxy) is 1. The lowest BCUT2D eigenvalue weighted by Gasteiger charge is -2.20. The molecule has 0 heterocycles. The Labute approximate surface area is 96.0 Å². The van der Waals surface area contributed by atoms with E-state index >= 15 is 0 Å². The molecule has 0 rings (SSSR count). The molecule has 0 unspecified atom stereocenters. The van der Waals surface area contributed by atoms with E-state index in [-0.39, 0.29) is 0 Å². The Kier molecular flexibility index (Phi) is 10.4. The number of rotatable bonds is 10. The molecule has 0 aromatic carbocycles. The molecule has 1 atom stereocenters. The van der Waals surface area contributed by atoms with E-state index in [2.05, 4.69) is 25.7 Å². The van der Waals surface area contributed by atoms with Crippen LogP contribution in [0.3, 0.4) is 0 Å². The Hall–Kier alpha value is -0.0800. The van der Waals surface area contributed by atoms with Gasteiger partial charge in [-0.25, -0.2) is 0 Å². The van der Waals surface area contributed by atoms with Gasteiger partial charge in [0.15, 0.2) is 0 Å². The van der Waals surface area contributed by atoms with Crippen molar-refractivity contribution in [2.24, 2.45) is 5.92 Å². The van der Waals surface area contributed by atoms with Crippen LogP contribution < -0.4 is 0 Å². The summed E-state index contributed by atoms with van der Waals surface area (Å²) in [6, 6.07) is 0. The van der Waals surface area contributed by atoms with Crippen molar-refractivity contribution >= 4 is 0 Å². The maximum Gasteiger partial charge on any atom is 0.0464 e.